The van der Waals surface area contributed by atoms with Gasteiger partial charge in [-0.2, -0.15) is 4.98 Å². The number of hydrogen-bond donors (Lipinski definition) is 1. The molecule has 0 aliphatic heterocycles. The second-order valence-corrected chi connectivity index (χ2v) is 4.42. The van der Waals surface area contributed by atoms with E-state index in [4.69, 9.17) is 9.15 Å². The Kier molecular flexibility index (Phi) is 3.35. The third kappa shape index (κ3) is 2.35. The summed E-state index contributed by atoms with van der Waals surface area (Å²) in [5.41, 5.74) is 3.33. The molecule has 5 heteroatoms. The van der Waals surface area contributed by atoms with Gasteiger partial charge in [-0.25, -0.2) is 4.98 Å². The third-order valence-electron chi connectivity index (χ3n) is 3.02. The number of nitrogens with zero attached hydrogens (tertiary/aromatic N) is 2. The molecule has 0 bridgehead atoms. The van der Waals surface area contributed by atoms with Crippen molar-refractivity contribution in [2.75, 3.05) is 14.2 Å². The van der Waals surface area contributed by atoms with E-state index in [2.05, 4.69) is 15.3 Å². The van der Waals surface area contributed by atoms with Gasteiger partial charge >= 0.3 is 0 Å². The number of hydrogen-bond acceptors (Lipinski definition) is 5. The second-order valence-electron chi connectivity index (χ2n) is 4.42. The molecule has 102 valence electrons. The van der Waals surface area contributed by atoms with Crippen LogP contribution in [0.2, 0.25) is 0 Å². The maximum atomic E-state index is 5.66. The molecule has 0 aliphatic rings. The molecule has 0 atom stereocenters. The third-order valence-corrected chi connectivity index (χ3v) is 3.02. The molecule has 0 unspecified atom stereocenters. The van der Waals surface area contributed by atoms with E-state index in [-0.39, 0.29) is 0 Å². The molecule has 2 heterocycles. The van der Waals surface area contributed by atoms with Gasteiger partial charge in [-0.3, -0.25) is 0 Å². The largest absolute Gasteiger partial charge is 0.497 e. The van der Waals surface area contributed by atoms with Gasteiger partial charge in [0, 0.05) is 11.8 Å². The van der Waals surface area contributed by atoms with Crippen LogP contribution in [0.25, 0.3) is 22.4 Å². The molecule has 20 heavy (non-hydrogen) atoms. The van der Waals surface area contributed by atoms with E-state index in [1.165, 1.54) is 0 Å². The molecule has 0 spiro atoms. The molecule has 1 aromatic carbocycles. The van der Waals surface area contributed by atoms with Gasteiger partial charge in [0.15, 0.2) is 11.2 Å². The highest BCUT2D eigenvalue weighted by Gasteiger charge is 2.08. The van der Waals surface area contributed by atoms with Crippen LogP contribution in [-0.4, -0.2) is 24.1 Å². The summed E-state index contributed by atoms with van der Waals surface area (Å²) in [6.07, 6.45) is 1.79. The predicted molar refractivity (Wildman–Crippen MR) is 76.6 cm³/mol. The SMILES string of the molecule is CNCc1nc2ncc(-c3cccc(OC)c3)cc2o1. The van der Waals surface area contributed by atoms with Gasteiger partial charge in [0.2, 0.25) is 5.89 Å². The van der Waals surface area contributed by atoms with Crippen molar-refractivity contribution in [3.05, 3.63) is 42.4 Å². The van der Waals surface area contributed by atoms with Gasteiger partial charge in [-0.1, -0.05) is 12.1 Å². The Balaban J connectivity index is 2.03. The topological polar surface area (TPSA) is 60.2 Å². The fraction of sp³-hybridized carbons (Fsp3) is 0.200. The lowest BCUT2D eigenvalue weighted by Crippen LogP contribution is -2.04. The van der Waals surface area contributed by atoms with E-state index in [9.17, 15) is 0 Å². The van der Waals surface area contributed by atoms with Crippen molar-refractivity contribution >= 4 is 11.2 Å². The predicted octanol–water partition coefficient (Wildman–Crippen LogP) is 2.62. The van der Waals surface area contributed by atoms with E-state index in [0.29, 0.717) is 23.7 Å². The maximum Gasteiger partial charge on any atom is 0.211 e. The molecule has 3 rings (SSSR count). The first-order valence-corrected chi connectivity index (χ1v) is 6.34. The number of oxazole rings is 1. The molecule has 0 amide bonds. The van der Waals surface area contributed by atoms with Crippen LogP contribution in [0, 0.1) is 0 Å². The number of rotatable bonds is 4. The van der Waals surface area contributed by atoms with Gasteiger partial charge in [0.1, 0.15) is 5.75 Å². The Bertz CT molecular complexity index is 737. The fourth-order valence-electron chi connectivity index (χ4n) is 2.05. The minimum Gasteiger partial charge on any atom is -0.497 e. The molecule has 0 fully saturated rings. The van der Waals surface area contributed by atoms with E-state index in [1.807, 2.05) is 37.4 Å². The summed E-state index contributed by atoms with van der Waals surface area (Å²) >= 11 is 0. The number of ether oxygens (including phenoxy) is 1. The smallest absolute Gasteiger partial charge is 0.211 e. The monoisotopic (exact) mass is 269 g/mol. The molecule has 0 saturated heterocycles. The number of aromatic nitrogens is 2. The minimum atomic E-state index is 0.588. The molecular formula is C15H15N3O2. The zero-order valence-electron chi connectivity index (χ0n) is 11.4. The maximum absolute atomic E-state index is 5.66. The number of benzene rings is 1. The van der Waals surface area contributed by atoms with Gasteiger partial charge < -0.3 is 14.5 Å². The number of fused-ring (bicyclic) bond motifs is 1. The Morgan fingerprint density at radius 1 is 1.25 bits per heavy atom. The molecule has 0 aliphatic carbocycles. The zero-order valence-corrected chi connectivity index (χ0v) is 11.4. The van der Waals surface area contributed by atoms with E-state index < -0.39 is 0 Å². The fourth-order valence-corrected chi connectivity index (χ4v) is 2.05. The lowest BCUT2D eigenvalue weighted by atomic mass is 10.1. The van der Waals surface area contributed by atoms with Crippen molar-refractivity contribution in [2.24, 2.45) is 0 Å². The molecule has 5 nitrogen and oxygen atoms in total. The van der Waals surface area contributed by atoms with Crippen LogP contribution >= 0.6 is 0 Å². The van der Waals surface area contributed by atoms with Crippen LogP contribution in [0.5, 0.6) is 5.75 Å². The first kappa shape index (κ1) is 12.6. The summed E-state index contributed by atoms with van der Waals surface area (Å²) in [5.74, 6) is 1.45. The van der Waals surface area contributed by atoms with Gasteiger partial charge in [0.25, 0.3) is 0 Å². The Labute approximate surface area is 116 Å². The van der Waals surface area contributed by atoms with Gasteiger partial charge in [-0.15, -0.1) is 0 Å². The van der Waals surface area contributed by atoms with Crippen molar-refractivity contribution in [3.63, 3.8) is 0 Å². The van der Waals surface area contributed by atoms with E-state index >= 15 is 0 Å². The molecular weight excluding hydrogens is 254 g/mol. The first-order chi connectivity index (χ1) is 9.80. The molecule has 0 radical (unpaired) electrons. The average molecular weight is 269 g/mol. The normalized spacial score (nSPS) is 10.9. The minimum absolute atomic E-state index is 0.588. The summed E-state index contributed by atoms with van der Waals surface area (Å²) in [4.78, 5) is 8.65. The van der Waals surface area contributed by atoms with Crippen molar-refractivity contribution < 1.29 is 9.15 Å². The second kappa shape index (κ2) is 5.30. The Morgan fingerprint density at radius 3 is 2.95 bits per heavy atom. The summed E-state index contributed by atoms with van der Waals surface area (Å²) in [7, 11) is 3.50. The number of methoxy groups -OCH3 is 1. The summed E-state index contributed by atoms with van der Waals surface area (Å²) < 4.78 is 10.9. The number of pyridine rings is 1. The van der Waals surface area contributed by atoms with Crippen LogP contribution in [0.3, 0.4) is 0 Å². The summed E-state index contributed by atoms with van der Waals surface area (Å²) in [6, 6.07) is 9.79. The van der Waals surface area contributed by atoms with Gasteiger partial charge in [-0.05, 0) is 30.8 Å². The highest BCUT2D eigenvalue weighted by atomic mass is 16.5. The van der Waals surface area contributed by atoms with E-state index in [0.717, 1.165) is 16.9 Å². The number of nitrogens with one attached hydrogen (secondary N) is 1. The van der Waals surface area contributed by atoms with Crippen molar-refractivity contribution in [3.8, 4) is 16.9 Å². The highest BCUT2D eigenvalue weighted by Crippen LogP contribution is 2.26. The quantitative estimate of drug-likeness (QED) is 0.789. The lowest BCUT2D eigenvalue weighted by molar-refractivity contribution is 0.415. The van der Waals surface area contributed by atoms with Crippen LogP contribution < -0.4 is 10.1 Å². The Morgan fingerprint density at radius 2 is 2.15 bits per heavy atom. The van der Waals surface area contributed by atoms with Crippen LogP contribution in [0.4, 0.5) is 0 Å². The summed E-state index contributed by atoms with van der Waals surface area (Å²) in [6.45, 7) is 0.588. The van der Waals surface area contributed by atoms with Gasteiger partial charge in [0.05, 0.1) is 13.7 Å². The van der Waals surface area contributed by atoms with Crippen molar-refractivity contribution in [1.82, 2.24) is 15.3 Å². The summed E-state index contributed by atoms with van der Waals surface area (Å²) in [5, 5.41) is 3.01. The van der Waals surface area contributed by atoms with Crippen molar-refractivity contribution in [1.29, 1.82) is 0 Å². The van der Waals surface area contributed by atoms with E-state index in [1.54, 1.807) is 13.3 Å². The average Bonchev–Trinajstić information content (AvgIpc) is 2.89. The highest BCUT2D eigenvalue weighted by molar-refractivity contribution is 5.76. The standard InChI is InChI=1S/C15H15N3O2/c1-16-9-14-18-15-13(20-14)7-11(8-17-15)10-4-3-5-12(6-10)19-2/h3-8,16H,9H2,1-2H3. The molecule has 3 aromatic rings. The van der Waals surface area contributed by atoms with Crippen LogP contribution in [0.1, 0.15) is 5.89 Å². The first-order valence-electron chi connectivity index (χ1n) is 6.34. The molecule has 2 aromatic heterocycles. The lowest BCUT2D eigenvalue weighted by Gasteiger charge is -2.03. The molecule has 0 saturated carbocycles. The van der Waals surface area contributed by atoms with Crippen LogP contribution in [-0.2, 0) is 6.54 Å². The Hall–Kier alpha value is -2.40. The zero-order chi connectivity index (χ0) is 13.9. The van der Waals surface area contributed by atoms with Crippen molar-refractivity contribution in [2.45, 2.75) is 6.54 Å². The molecule has 1 N–H and O–H groups in total. The van der Waals surface area contributed by atoms with Crippen LogP contribution in [0.15, 0.2) is 40.9 Å².